The van der Waals surface area contributed by atoms with Crippen LogP contribution >= 0.6 is 0 Å². The second kappa shape index (κ2) is 5.51. The summed E-state index contributed by atoms with van der Waals surface area (Å²) in [6.45, 7) is 4.20. The summed E-state index contributed by atoms with van der Waals surface area (Å²) in [5.74, 6) is 0.0223. The fourth-order valence-corrected chi connectivity index (χ4v) is 1.27. The Hall–Kier alpha value is -1.35. The van der Waals surface area contributed by atoms with Crippen molar-refractivity contribution < 1.29 is 9.90 Å². The highest BCUT2D eigenvalue weighted by Crippen LogP contribution is 2.08. The standard InChI is InChI=1S/C12H17NO2/c1-9(2)12(15)13-7-10-5-3-4-6-11(10)8-14/h3-6,9,14H,7-8H2,1-2H3,(H,13,15). The summed E-state index contributed by atoms with van der Waals surface area (Å²) >= 11 is 0. The topological polar surface area (TPSA) is 49.3 Å². The summed E-state index contributed by atoms with van der Waals surface area (Å²) in [6, 6.07) is 7.54. The quantitative estimate of drug-likeness (QED) is 0.785. The van der Waals surface area contributed by atoms with E-state index >= 15 is 0 Å². The van der Waals surface area contributed by atoms with Crippen molar-refractivity contribution in [3.05, 3.63) is 35.4 Å². The number of hydrogen-bond donors (Lipinski definition) is 2. The molecule has 2 N–H and O–H groups in total. The highest BCUT2D eigenvalue weighted by atomic mass is 16.3. The Morgan fingerprint density at radius 1 is 1.33 bits per heavy atom. The average molecular weight is 207 g/mol. The van der Waals surface area contributed by atoms with E-state index in [1.165, 1.54) is 0 Å². The van der Waals surface area contributed by atoms with E-state index in [0.29, 0.717) is 6.54 Å². The summed E-state index contributed by atoms with van der Waals surface area (Å²) in [4.78, 5) is 11.3. The minimum Gasteiger partial charge on any atom is -0.392 e. The van der Waals surface area contributed by atoms with Gasteiger partial charge in [0, 0.05) is 12.5 Å². The number of carbonyl (C=O) groups excluding carboxylic acids is 1. The number of nitrogens with one attached hydrogen (secondary N) is 1. The van der Waals surface area contributed by atoms with Gasteiger partial charge in [-0.05, 0) is 11.1 Å². The van der Waals surface area contributed by atoms with Crippen LogP contribution < -0.4 is 5.32 Å². The average Bonchev–Trinajstić information content (AvgIpc) is 2.26. The first-order valence-corrected chi connectivity index (χ1v) is 5.10. The third-order valence-electron chi connectivity index (χ3n) is 2.27. The molecule has 1 amide bonds. The number of aliphatic hydroxyl groups excluding tert-OH is 1. The normalized spacial score (nSPS) is 10.4. The van der Waals surface area contributed by atoms with Crippen molar-refractivity contribution in [1.29, 1.82) is 0 Å². The van der Waals surface area contributed by atoms with E-state index in [-0.39, 0.29) is 18.4 Å². The molecular weight excluding hydrogens is 190 g/mol. The molecule has 0 bridgehead atoms. The summed E-state index contributed by atoms with van der Waals surface area (Å²) in [5, 5.41) is 11.9. The maximum Gasteiger partial charge on any atom is 0.222 e. The lowest BCUT2D eigenvalue weighted by Gasteiger charge is -2.10. The van der Waals surface area contributed by atoms with Crippen molar-refractivity contribution in [1.82, 2.24) is 5.32 Å². The van der Waals surface area contributed by atoms with Crippen LogP contribution in [0.1, 0.15) is 25.0 Å². The smallest absolute Gasteiger partial charge is 0.222 e. The van der Waals surface area contributed by atoms with Crippen molar-refractivity contribution in [2.45, 2.75) is 27.0 Å². The zero-order chi connectivity index (χ0) is 11.3. The lowest BCUT2D eigenvalue weighted by molar-refractivity contribution is -0.124. The molecule has 82 valence electrons. The molecule has 3 heteroatoms. The Balaban J connectivity index is 2.61. The second-order valence-electron chi connectivity index (χ2n) is 3.80. The third-order valence-corrected chi connectivity index (χ3v) is 2.27. The SMILES string of the molecule is CC(C)C(=O)NCc1ccccc1CO. The van der Waals surface area contributed by atoms with Gasteiger partial charge in [-0.1, -0.05) is 38.1 Å². The Bertz CT molecular complexity index is 334. The van der Waals surface area contributed by atoms with E-state index < -0.39 is 0 Å². The summed E-state index contributed by atoms with van der Waals surface area (Å²) in [6.07, 6.45) is 0. The van der Waals surface area contributed by atoms with Crippen LogP contribution in [-0.4, -0.2) is 11.0 Å². The van der Waals surface area contributed by atoms with Gasteiger partial charge in [-0.15, -0.1) is 0 Å². The lowest BCUT2D eigenvalue weighted by Crippen LogP contribution is -2.27. The predicted octanol–water partition coefficient (Wildman–Crippen LogP) is 1.45. The zero-order valence-electron chi connectivity index (χ0n) is 9.16. The van der Waals surface area contributed by atoms with Gasteiger partial charge in [0.05, 0.1) is 6.61 Å². The summed E-state index contributed by atoms with van der Waals surface area (Å²) in [7, 11) is 0. The van der Waals surface area contributed by atoms with Crippen LogP contribution in [0.4, 0.5) is 0 Å². The first-order valence-electron chi connectivity index (χ1n) is 5.10. The lowest BCUT2D eigenvalue weighted by atomic mass is 10.1. The van der Waals surface area contributed by atoms with Crippen molar-refractivity contribution in [3.8, 4) is 0 Å². The number of benzene rings is 1. The zero-order valence-corrected chi connectivity index (χ0v) is 9.16. The Morgan fingerprint density at radius 2 is 1.93 bits per heavy atom. The summed E-state index contributed by atoms with van der Waals surface area (Å²) < 4.78 is 0. The van der Waals surface area contributed by atoms with Gasteiger partial charge < -0.3 is 10.4 Å². The molecule has 0 unspecified atom stereocenters. The van der Waals surface area contributed by atoms with Crippen LogP contribution in [0.2, 0.25) is 0 Å². The molecule has 0 atom stereocenters. The van der Waals surface area contributed by atoms with Gasteiger partial charge >= 0.3 is 0 Å². The van der Waals surface area contributed by atoms with Gasteiger partial charge in [0.1, 0.15) is 0 Å². The van der Waals surface area contributed by atoms with Gasteiger partial charge in [-0.3, -0.25) is 4.79 Å². The minimum absolute atomic E-state index is 0.00766. The molecule has 0 fully saturated rings. The van der Waals surface area contributed by atoms with Crippen molar-refractivity contribution in [2.75, 3.05) is 0 Å². The van der Waals surface area contributed by atoms with Crippen molar-refractivity contribution in [3.63, 3.8) is 0 Å². The molecule has 0 saturated heterocycles. The first kappa shape index (κ1) is 11.7. The molecule has 1 aromatic carbocycles. The number of rotatable bonds is 4. The van der Waals surface area contributed by atoms with E-state index in [0.717, 1.165) is 11.1 Å². The maximum absolute atomic E-state index is 11.3. The predicted molar refractivity (Wildman–Crippen MR) is 59.0 cm³/mol. The van der Waals surface area contributed by atoms with Crippen LogP contribution in [0.15, 0.2) is 24.3 Å². The van der Waals surface area contributed by atoms with Gasteiger partial charge in [0.2, 0.25) is 5.91 Å². The molecule has 0 saturated carbocycles. The maximum atomic E-state index is 11.3. The van der Waals surface area contributed by atoms with Crippen LogP contribution in [0.5, 0.6) is 0 Å². The molecule has 0 radical (unpaired) electrons. The van der Waals surface area contributed by atoms with E-state index in [9.17, 15) is 4.79 Å². The molecule has 1 rings (SSSR count). The Kier molecular flexibility index (Phi) is 4.31. The number of hydrogen-bond acceptors (Lipinski definition) is 2. The molecule has 0 aliphatic carbocycles. The Labute approximate surface area is 90.1 Å². The molecule has 0 heterocycles. The second-order valence-corrected chi connectivity index (χ2v) is 3.80. The Morgan fingerprint density at radius 3 is 2.47 bits per heavy atom. The van der Waals surface area contributed by atoms with Gasteiger partial charge in [-0.25, -0.2) is 0 Å². The highest BCUT2D eigenvalue weighted by Gasteiger charge is 2.07. The first-order chi connectivity index (χ1) is 7.15. The number of carbonyl (C=O) groups is 1. The molecular formula is C12H17NO2. The fourth-order valence-electron chi connectivity index (χ4n) is 1.27. The number of aliphatic hydroxyl groups is 1. The van der Waals surface area contributed by atoms with Crippen molar-refractivity contribution >= 4 is 5.91 Å². The number of amides is 1. The molecule has 0 aromatic heterocycles. The van der Waals surface area contributed by atoms with E-state index in [2.05, 4.69) is 5.32 Å². The van der Waals surface area contributed by atoms with Crippen LogP contribution in [0.25, 0.3) is 0 Å². The van der Waals surface area contributed by atoms with E-state index in [1.54, 1.807) is 0 Å². The molecule has 0 aliphatic heterocycles. The highest BCUT2D eigenvalue weighted by molar-refractivity contribution is 5.77. The third kappa shape index (κ3) is 3.36. The van der Waals surface area contributed by atoms with Crippen molar-refractivity contribution in [2.24, 2.45) is 5.92 Å². The van der Waals surface area contributed by atoms with E-state index in [1.807, 2.05) is 38.1 Å². The molecule has 3 nitrogen and oxygen atoms in total. The fraction of sp³-hybridized carbons (Fsp3) is 0.417. The molecule has 15 heavy (non-hydrogen) atoms. The van der Waals surface area contributed by atoms with Crippen LogP contribution in [0.3, 0.4) is 0 Å². The molecule has 0 aliphatic rings. The minimum atomic E-state index is -0.00807. The largest absolute Gasteiger partial charge is 0.392 e. The van der Waals surface area contributed by atoms with Crippen LogP contribution in [-0.2, 0) is 17.9 Å². The van der Waals surface area contributed by atoms with Gasteiger partial charge in [-0.2, -0.15) is 0 Å². The van der Waals surface area contributed by atoms with E-state index in [4.69, 9.17) is 5.11 Å². The van der Waals surface area contributed by atoms with Gasteiger partial charge in [0.15, 0.2) is 0 Å². The molecule has 1 aromatic rings. The van der Waals surface area contributed by atoms with Gasteiger partial charge in [0.25, 0.3) is 0 Å². The van der Waals surface area contributed by atoms with Crippen LogP contribution in [0, 0.1) is 5.92 Å². The molecule has 0 spiro atoms. The monoisotopic (exact) mass is 207 g/mol. The summed E-state index contributed by atoms with van der Waals surface area (Å²) in [5.41, 5.74) is 1.83.